The van der Waals surface area contributed by atoms with Crippen molar-refractivity contribution in [3.63, 3.8) is 0 Å². The lowest BCUT2D eigenvalue weighted by Crippen LogP contribution is -2.45. The summed E-state index contributed by atoms with van der Waals surface area (Å²) in [5.41, 5.74) is 0.989. The maximum Gasteiger partial charge on any atom is 0.252 e. The molecule has 2 rings (SSSR count). The number of carbonyl (C=O) groups is 1. The Balaban J connectivity index is 1.87. The van der Waals surface area contributed by atoms with Crippen molar-refractivity contribution in [3.8, 4) is 0 Å². The zero-order valence-electron chi connectivity index (χ0n) is 9.88. The fraction of sp³-hybridized carbons (Fsp3) is 0.583. The van der Waals surface area contributed by atoms with Crippen LogP contribution in [0.25, 0.3) is 0 Å². The van der Waals surface area contributed by atoms with Crippen LogP contribution in [-0.2, 0) is 0 Å². The summed E-state index contributed by atoms with van der Waals surface area (Å²) in [4.78, 5) is 11.9. The molecule has 17 heavy (non-hydrogen) atoms. The summed E-state index contributed by atoms with van der Waals surface area (Å²) in [5.74, 6) is 0.0518. The Morgan fingerprint density at radius 3 is 3.12 bits per heavy atom. The average molecular weight is 364 g/mol. The number of piperidine rings is 1. The Hall–Kier alpha value is -0.140. The molecule has 0 aromatic carbocycles. The second kappa shape index (κ2) is 5.67. The van der Waals surface area contributed by atoms with Crippen LogP contribution in [0, 0.1) is 8.30 Å². The van der Waals surface area contributed by atoms with Crippen molar-refractivity contribution < 1.29 is 4.79 Å². The van der Waals surface area contributed by atoms with Crippen LogP contribution < -0.4 is 10.6 Å². The summed E-state index contributed by atoms with van der Waals surface area (Å²) < 4.78 is 1.15. The van der Waals surface area contributed by atoms with E-state index in [9.17, 15) is 4.79 Å². The molecule has 0 spiro atoms. The van der Waals surface area contributed by atoms with E-state index in [4.69, 9.17) is 0 Å². The summed E-state index contributed by atoms with van der Waals surface area (Å²) in [6, 6.07) is 1.93. The highest BCUT2D eigenvalue weighted by Crippen LogP contribution is 2.24. The molecular weight excluding hydrogens is 347 g/mol. The Bertz CT molecular complexity index is 399. The van der Waals surface area contributed by atoms with Gasteiger partial charge in [-0.1, -0.05) is 6.92 Å². The van der Waals surface area contributed by atoms with E-state index in [0.717, 1.165) is 28.1 Å². The van der Waals surface area contributed by atoms with Gasteiger partial charge in [0, 0.05) is 18.5 Å². The van der Waals surface area contributed by atoms with E-state index in [2.05, 4.69) is 40.1 Å². The molecule has 1 atom stereocenters. The summed E-state index contributed by atoms with van der Waals surface area (Å²) >= 11 is 3.84. The van der Waals surface area contributed by atoms with E-state index in [-0.39, 0.29) is 11.3 Å². The molecule has 0 radical (unpaired) electrons. The maximum atomic E-state index is 11.9. The highest BCUT2D eigenvalue weighted by atomic mass is 127. The molecule has 1 aliphatic heterocycles. The number of hydrogen-bond donors (Lipinski definition) is 2. The van der Waals surface area contributed by atoms with E-state index in [1.165, 1.54) is 12.8 Å². The smallest absolute Gasteiger partial charge is 0.252 e. The number of halogens is 1. The normalized spacial score (nSPS) is 24.6. The van der Waals surface area contributed by atoms with Gasteiger partial charge in [0.25, 0.3) is 5.91 Å². The molecule has 2 heterocycles. The zero-order chi connectivity index (χ0) is 12.3. The van der Waals surface area contributed by atoms with Gasteiger partial charge < -0.3 is 10.6 Å². The number of rotatable bonds is 3. The molecule has 94 valence electrons. The van der Waals surface area contributed by atoms with Gasteiger partial charge in [-0.2, -0.15) is 0 Å². The topological polar surface area (TPSA) is 41.1 Å². The van der Waals surface area contributed by atoms with Crippen molar-refractivity contribution in [1.29, 1.82) is 0 Å². The predicted molar refractivity (Wildman–Crippen MR) is 79.6 cm³/mol. The third kappa shape index (κ3) is 3.66. The van der Waals surface area contributed by atoms with Gasteiger partial charge in [0.15, 0.2) is 0 Å². The molecule has 1 aromatic heterocycles. The number of nitrogens with one attached hydrogen (secondary N) is 2. The first kappa shape index (κ1) is 13.3. The minimum atomic E-state index is 0.0518. The quantitative estimate of drug-likeness (QED) is 0.810. The molecule has 0 aliphatic carbocycles. The summed E-state index contributed by atoms with van der Waals surface area (Å²) in [6.45, 7) is 5.09. The van der Waals surface area contributed by atoms with Gasteiger partial charge in [-0.05, 0) is 53.5 Å². The second-order valence-corrected chi connectivity index (χ2v) is 7.72. The number of carbonyl (C=O) groups excluding carboxylic acids is 1. The standard InChI is InChI=1S/C12H17IN2OS/c1-12(3-2-4-14-7-12)8-15-11(16)9-5-10(13)17-6-9/h5-6,14H,2-4,7-8H2,1H3,(H,15,16). The van der Waals surface area contributed by atoms with Gasteiger partial charge in [0.2, 0.25) is 0 Å². The van der Waals surface area contributed by atoms with Gasteiger partial charge in [0.05, 0.1) is 8.45 Å². The van der Waals surface area contributed by atoms with Crippen molar-refractivity contribution >= 4 is 39.8 Å². The minimum absolute atomic E-state index is 0.0518. The molecule has 0 bridgehead atoms. The summed E-state index contributed by atoms with van der Waals surface area (Å²) in [7, 11) is 0. The van der Waals surface area contributed by atoms with Crippen LogP contribution in [0.3, 0.4) is 0 Å². The van der Waals surface area contributed by atoms with Gasteiger partial charge in [-0.25, -0.2) is 0 Å². The van der Waals surface area contributed by atoms with E-state index < -0.39 is 0 Å². The molecule has 2 N–H and O–H groups in total. The lowest BCUT2D eigenvalue weighted by atomic mass is 9.83. The van der Waals surface area contributed by atoms with Crippen LogP contribution >= 0.6 is 33.9 Å². The minimum Gasteiger partial charge on any atom is -0.351 e. The predicted octanol–water partition coefficient (Wildman–Crippen LogP) is 2.47. The van der Waals surface area contributed by atoms with Crippen LogP contribution in [-0.4, -0.2) is 25.5 Å². The summed E-state index contributed by atoms with van der Waals surface area (Å²) in [6.07, 6.45) is 2.38. The van der Waals surface area contributed by atoms with E-state index in [0.29, 0.717) is 0 Å². The SMILES string of the molecule is CC1(CNC(=O)c2csc(I)c2)CCCNC1. The zero-order valence-corrected chi connectivity index (χ0v) is 12.9. The van der Waals surface area contributed by atoms with E-state index >= 15 is 0 Å². The first-order valence-electron chi connectivity index (χ1n) is 5.82. The molecule has 1 amide bonds. The van der Waals surface area contributed by atoms with Crippen LogP contribution in [0.2, 0.25) is 0 Å². The van der Waals surface area contributed by atoms with Gasteiger partial charge >= 0.3 is 0 Å². The van der Waals surface area contributed by atoms with Crippen LogP contribution in [0.15, 0.2) is 11.4 Å². The molecule has 5 heteroatoms. The molecular formula is C12H17IN2OS. The summed E-state index contributed by atoms with van der Waals surface area (Å²) in [5, 5.41) is 8.35. The van der Waals surface area contributed by atoms with E-state index in [1.807, 2.05) is 11.4 Å². The van der Waals surface area contributed by atoms with Crippen molar-refractivity contribution in [2.45, 2.75) is 19.8 Å². The fourth-order valence-electron chi connectivity index (χ4n) is 2.09. The van der Waals surface area contributed by atoms with Crippen molar-refractivity contribution in [2.75, 3.05) is 19.6 Å². The maximum absolute atomic E-state index is 11.9. The van der Waals surface area contributed by atoms with Gasteiger partial charge in [0.1, 0.15) is 0 Å². The average Bonchev–Trinajstić information content (AvgIpc) is 2.74. The van der Waals surface area contributed by atoms with Crippen LogP contribution in [0.4, 0.5) is 0 Å². The molecule has 1 saturated heterocycles. The second-order valence-electron chi connectivity index (χ2n) is 4.91. The van der Waals surface area contributed by atoms with E-state index in [1.54, 1.807) is 11.3 Å². The highest BCUT2D eigenvalue weighted by Gasteiger charge is 2.27. The number of thiophene rings is 1. The van der Waals surface area contributed by atoms with Gasteiger partial charge in [-0.15, -0.1) is 11.3 Å². The lowest BCUT2D eigenvalue weighted by Gasteiger charge is -2.34. The number of amides is 1. The van der Waals surface area contributed by atoms with Crippen LogP contribution in [0.5, 0.6) is 0 Å². The van der Waals surface area contributed by atoms with Gasteiger partial charge in [-0.3, -0.25) is 4.79 Å². The van der Waals surface area contributed by atoms with Crippen molar-refractivity contribution in [2.24, 2.45) is 5.41 Å². The van der Waals surface area contributed by atoms with Crippen LogP contribution in [0.1, 0.15) is 30.1 Å². The molecule has 0 saturated carbocycles. The molecule has 1 aromatic rings. The first-order chi connectivity index (χ1) is 8.09. The monoisotopic (exact) mass is 364 g/mol. The van der Waals surface area contributed by atoms with Crippen molar-refractivity contribution in [1.82, 2.24) is 10.6 Å². The largest absolute Gasteiger partial charge is 0.351 e. The molecule has 1 aliphatic rings. The third-order valence-electron chi connectivity index (χ3n) is 3.19. The Labute approximate surface area is 120 Å². The molecule has 1 unspecified atom stereocenters. The molecule has 1 fully saturated rings. The highest BCUT2D eigenvalue weighted by molar-refractivity contribution is 14.1. The first-order valence-corrected chi connectivity index (χ1v) is 7.78. The fourth-order valence-corrected chi connectivity index (χ4v) is 3.42. The Morgan fingerprint density at radius 1 is 1.71 bits per heavy atom. The Kier molecular flexibility index (Phi) is 4.43. The third-order valence-corrected chi connectivity index (χ3v) is 4.98. The van der Waals surface area contributed by atoms with Crippen molar-refractivity contribution in [3.05, 3.63) is 19.9 Å². The molecule has 3 nitrogen and oxygen atoms in total. The lowest BCUT2D eigenvalue weighted by molar-refractivity contribution is 0.0925. The Morgan fingerprint density at radius 2 is 2.53 bits per heavy atom. The number of hydrogen-bond acceptors (Lipinski definition) is 3.